The summed E-state index contributed by atoms with van der Waals surface area (Å²) in [7, 11) is 0. The number of benzene rings is 1. The van der Waals surface area contributed by atoms with Crippen LogP contribution in [0.25, 0.3) is 0 Å². The number of piperidine rings is 1. The zero-order valence-corrected chi connectivity index (χ0v) is 13.7. The third kappa shape index (κ3) is 4.35. The summed E-state index contributed by atoms with van der Waals surface area (Å²) in [4.78, 5) is 25.2. The van der Waals surface area contributed by atoms with Crippen molar-refractivity contribution >= 4 is 11.8 Å². The smallest absolute Gasteiger partial charge is 0.255 e. The van der Waals surface area contributed by atoms with Crippen molar-refractivity contribution in [2.75, 3.05) is 26.3 Å². The first-order valence-electron chi connectivity index (χ1n) is 8.02. The molecular weight excluding hydrogens is 308 g/mol. The molecule has 0 spiro atoms. The number of nitrogens with two attached hydrogens (primary N) is 1. The van der Waals surface area contributed by atoms with E-state index in [0.717, 1.165) is 12.8 Å². The van der Waals surface area contributed by atoms with Gasteiger partial charge in [0.2, 0.25) is 0 Å². The minimum atomic E-state index is -0.550. The molecule has 1 aliphatic heterocycles. The van der Waals surface area contributed by atoms with Gasteiger partial charge in [0.25, 0.3) is 11.8 Å². The van der Waals surface area contributed by atoms with Crippen LogP contribution in [0.15, 0.2) is 36.9 Å². The number of allylic oxidation sites excluding steroid dienone is 1. The van der Waals surface area contributed by atoms with Crippen LogP contribution < -0.4 is 10.5 Å². The van der Waals surface area contributed by atoms with Crippen LogP contribution in [0.4, 0.5) is 0 Å². The van der Waals surface area contributed by atoms with Crippen LogP contribution >= 0.6 is 0 Å². The highest BCUT2D eigenvalue weighted by Gasteiger charge is 2.35. The minimum absolute atomic E-state index is 0.0443. The quantitative estimate of drug-likeness (QED) is 0.737. The highest BCUT2D eigenvalue weighted by Crippen LogP contribution is 2.34. The Kier molecular flexibility index (Phi) is 5.98. The molecule has 1 aliphatic rings. The molecule has 0 bridgehead atoms. The number of nitrogens with zero attached hydrogens (tertiary/aromatic N) is 1. The van der Waals surface area contributed by atoms with E-state index < -0.39 is 5.91 Å². The monoisotopic (exact) mass is 332 g/mol. The highest BCUT2D eigenvalue weighted by atomic mass is 16.5. The van der Waals surface area contributed by atoms with Crippen molar-refractivity contribution in [2.24, 2.45) is 11.1 Å². The first-order valence-corrected chi connectivity index (χ1v) is 8.02. The van der Waals surface area contributed by atoms with Gasteiger partial charge in [0.15, 0.2) is 6.61 Å². The van der Waals surface area contributed by atoms with E-state index in [-0.39, 0.29) is 24.5 Å². The molecule has 6 heteroatoms. The molecule has 2 rings (SSSR count). The molecule has 130 valence electrons. The highest BCUT2D eigenvalue weighted by molar-refractivity contribution is 5.94. The van der Waals surface area contributed by atoms with E-state index in [2.05, 4.69) is 6.58 Å². The first kappa shape index (κ1) is 18.0. The number of primary amides is 1. The van der Waals surface area contributed by atoms with E-state index in [9.17, 15) is 14.7 Å². The maximum absolute atomic E-state index is 12.7. The van der Waals surface area contributed by atoms with Gasteiger partial charge in [0.1, 0.15) is 5.75 Å². The fourth-order valence-electron chi connectivity index (χ4n) is 3.08. The molecule has 0 aromatic heterocycles. The Labute approximate surface area is 141 Å². The molecule has 1 aromatic carbocycles. The number of likely N-dealkylation sites (tertiary alicyclic amines) is 1. The lowest BCUT2D eigenvalue weighted by atomic mass is 9.77. The Morgan fingerprint density at radius 3 is 2.67 bits per heavy atom. The molecule has 3 N–H and O–H groups in total. The molecule has 1 atom stereocenters. The number of amides is 2. The van der Waals surface area contributed by atoms with Crippen molar-refractivity contribution in [3.8, 4) is 5.75 Å². The number of aliphatic hydroxyl groups is 1. The molecule has 2 amide bonds. The van der Waals surface area contributed by atoms with E-state index >= 15 is 0 Å². The van der Waals surface area contributed by atoms with Crippen LogP contribution in [0.2, 0.25) is 0 Å². The molecule has 0 saturated carbocycles. The van der Waals surface area contributed by atoms with Gasteiger partial charge in [-0.1, -0.05) is 6.08 Å². The van der Waals surface area contributed by atoms with Gasteiger partial charge < -0.3 is 20.5 Å². The Bertz CT molecular complexity index is 600. The van der Waals surface area contributed by atoms with Gasteiger partial charge in [-0.05, 0) is 43.5 Å². The minimum Gasteiger partial charge on any atom is -0.484 e. The second-order valence-electron chi connectivity index (χ2n) is 6.26. The van der Waals surface area contributed by atoms with Gasteiger partial charge in [-0.25, -0.2) is 0 Å². The van der Waals surface area contributed by atoms with Crippen molar-refractivity contribution in [3.05, 3.63) is 42.5 Å². The van der Waals surface area contributed by atoms with Gasteiger partial charge in [0.05, 0.1) is 6.61 Å². The third-order valence-electron chi connectivity index (χ3n) is 4.34. The van der Waals surface area contributed by atoms with E-state index in [0.29, 0.717) is 30.8 Å². The van der Waals surface area contributed by atoms with Crippen LogP contribution in [0.1, 0.15) is 29.6 Å². The Balaban J connectivity index is 2.05. The Morgan fingerprint density at radius 1 is 1.38 bits per heavy atom. The fourth-order valence-corrected chi connectivity index (χ4v) is 3.08. The van der Waals surface area contributed by atoms with E-state index in [1.54, 1.807) is 35.2 Å². The number of rotatable bonds is 7. The van der Waals surface area contributed by atoms with E-state index in [1.807, 2.05) is 0 Å². The van der Waals surface area contributed by atoms with Gasteiger partial charge in [-0.3, -0.25) is 9.59 Å². The summed E-state index contributed by atoms with van der Waals surface area (Å²) in [5.41, 5.74) is 5.29. The number of carbonyl (C=O) groups is 2. The lowest BCUT2D eigenvalue weighted by Crippen LogP contribution is -2.47. The standard InChI is InChI=1S/C18H24N2O4/c1-2-8-18(13-21)9-3-10-20(12-18)17(23)14-4-6-15(7-5-14)24-11-16(19)22/h2,4-7,21H,1,3,8-13H2,(H2,19,22)/t18-/m1/s1. The summed E-state index contributed by atoms with van der Waals surface area (Å²) < 4.78 is 5.19. The predicted octanol–water partition coefficient (Wildman–Crippen LogP) is 1.34. The van der Waals surface area contributed by atoms with Crippen molar-refractivity contribution in [2.45, 2.75) is 19.3 Å². The topological polar surface area (TPSA) is 92.9 Å². The van der Waals surface area contributed by atoms with Crippen LogP contribution in [0.5, 0.6) is 5.75 Å². The first-order chi connectivity index (χ1) is 11.5. The van der Waals surface area contributed by atoms with Crippen molar-refractivity contribution in [1.29, 1.82) is 0 Å². The molecule has 1 fully saturated rings. The third-order valence-corrected chi connectivity index (χ3v) is 4.34. The van der Waals surface area contributed by atoms with Gasteiger partial charge in [-0.15, -0.1) is 6.58 Å². The van der Waals surface area contributed by atoms with Crippen LogP contribution in [0, 0.1) is 5.41 Å². The van der Waals surface area contributed by atoms with Crippen molar-refractivity contribution < 1.29 is 19.4 Å². The maximum Gasteiger partial charge on any atom is 0.255 e. The van der Waals surface area contributed by atoms with E-state index in [4.69, 9.17) is 10.5 Å². The number of ether oxygens (including phenoxy) is 1. The second kappa shape index (κ2) is 7.97. The SMILES string of the molecule is C=CC[C@@]1(CO)CCCN(C(=O)c2ccc(OCC(N)=O)cc2)C1. The van der Waals surface area contributed by atoms with Crippen molar-refractivity contribution in [3.63, 3.8) is 0 Å². The number of aliphatic hydroxyl groups excluding tert-OH is 1. The maximum atomic E-state index is 12.7. The number of hydrogen-bond acceptors (Lipinski definition) is 4. The van der Waals surface area contributed by atoms with Crippen molar-refractivity contribution in [1.82, 2.24) is 4.90 Å². The molecule has 24 heavy (non-hydrogen) atoms. The molecule has 1 heterocycles. The van der Waals surface area contributed by atoms with Crippen LogP contribution in [-0.4, -0.2) is 48.1 Å². The Hall–Kier alpha value is -2.34. The zero-order valence-electron chi connectivity index (χ0n) is 13.7. The molecular formula is C18H24N2O4. The summed E-state index contributed by atoms with van der Waals surface area (Å²) in [6.45, 7) is 4.80. The fraction of sp³-hybridized carbons (Fsp3) is 0.444. The summed E-state index contributed by atoms with van der Waals surface area (Å²) in [6.07, 6.45) is 4.24. The zero-order chi connectivity index (χ0) is 17.6. The van der Waals surface area contributed by atoms with Crippen LogP contribution in [-0.2, 0) is 4.79 Å². The summed E-state index contributed by atoms with van der Waals surface area (Å²) in [5.74, 6) is -0.135. The predicted molar refractivity (Wildman–Crippen MR) is 90.6 cm³/mol. The molecule has 1 saturated heterocycles. The molecule has 0 radical (unpaired) electrons. The summed E-state index contributed by atoms with van der Waals surface area (Å²) >= 11 is 0. The molecule has 0 aliphatic carbocycles. The summed E-state index contributed by atoms with van der Waals surface area (Å²) in [5, 5.41) is 9.74. The van der Waals surface area contributed by atoms with Crippen LogP contribution in [0.3, 0.4) is 0 Å². The lowest BCUT2D eigenvalue weighted by Gasteiger charge is -2.41. The molecule has 0 unspecified atom stereocenters. The average Bonchev–Trinajstić information content (AvgIpc) is 2.60. The van der Waals surface area contributed by atoms with Gasteiger partial charge >= 0.3 is 0 Å². The molecule has 6 nitrogen and oxygen atoms in total. The second-order valence-corrected chi connectivity index (χ2v) is 6.26. The lowest BCUT2D eigenvalue weighted by molar-refractivity contribution is -0.119. The molecule has 1 aromatic rings. The largest absolute Gasteiger partial charge is 0.484 e. The van der Waals surface area contributed by atoms with Gasteiger partial charge in [0, 0.05) is 24.1 Å². The normalized spacial score (nSPS) is 20.5. The van der Waals surface area contributed by atoms with E-state index in [1.165, 1.54) is 0 Å². The average molecular weight is 332 g/mol. The Morgan fingerprint density at radius 2 is 2.08 bits per heavy atom. The van der Waals surface area contributed by atoms with Gasteiger partial charge in [-0.2, -0.15) is 0 Å². The number of carbonyl (C=O) groups excluding carboxylic acids is 2. The summed E-state index contributed by atoms with van der Waals surface area (Å²) in [6, 6.07) is 6.62. The number of hydrogen-bond donors (Lipinski definition) is 2.